The Morgan fingerprint density at radius 1 is 1.23 bits per heavy atom. The Bertz CT molecular complexity index is 187. The van der Waals surface area contributed by atoms with Gasteiger partial charge in [-0.3, -0.25) is 9.80 Å². The van der Waals surface area contributed by atoms with Crippen LogP contribution in [0.25, 0.3) is 0 Å². The SMILES string of the molecule is CC(C)N1CCN(C)C2(CNC2)C1. The van der Waals surface area contributed by atoms with Crippen LogP contribution in [0.3, 0.4) is 0 Å². The molecule has 0 unspecified atom stereocenters. The first-order valence-corrected chi connectivity index (χ1v) is 5.30. The zero-order valence-electron chi connectivity index (χ0n) is 9.01. The summed E-state index contributed by atoms with van der Waals surface area (Å²) in [6.07, 6.45) is 0. The third kappa shape index (κ3) is 1.49. The molecule has 0 atom stereocenters. The van der Waals surface area contributed by atoms with Gasteiger partial charge in [-0.05, 0) is 20.9 Å². The normalized spacial score (nSPS) is 29.5. The second-order valence-electron chi connectivity index (χ2n) is 4.81. The molecule has 0 aliphatic carbocycles. The van der Waals surface area contributed by atoms with Crippen LogP contribution >= 0.6 is 0 Å². The van der Waals surface area contributed by atoms with Crippen LogP contribution < -0.4 is 5.32 Å². The van der Waals surface area contributed by atoms with Crippen molar-refractivity contribution >= 4 is 0 Å². The molecule has 0 aromatic rings. The zero-order valence-corrected chi connectivity index (χ0v) is 9.01. The first kappa shape index (κ1) is 9.44. The molecular weight excluding hydrogens is 162 g/mol. The Labute approximate surface area is 81.1 Å². The van der Waals surface area contributed by atoms with Gasteiger partial charge in [-0.2, -0.15) is 0 Å². The summed E-state index contributed by atoms with van der Waals surface area (Å²) in [6.45, 7) is 10.6. The molecule has 0 amide bonds. The third-order valence-electron chi connectivity index (χ3n) is 3.67. The van der Waals surface area contributed by atoms with E-state index in [0.29, 0.717) is 11.6 Å². The summed E-state index contributed by atoms with van der Waals surface area (Å²) < 4.78 is 0. The quantitative estimate of drug-likeness (QED) is 0.616. The minimum absolute atomic E-state index is 0.461. The van der Waals surface area contributed by atoms with Crippen molar-refractivity contribution in [3.63, 3.8) is 0 Å². The smallest absolute Gasteiger partial charge is 0.0584 e. The van der Waals surface area contributed by atoms with E-state index in [1.165, 1.54) is 32.7 Å². The Morgan fingerprint density at radius 2 is 1.92 bits per heavy atom. The number of hydrogen-bond acceptors (Lipinski definition) is 3. The number of hydrogen-bond donors (Lipinski definition) is 1. The van der Waals surface area contributed by atoms with Crippen LogP contribution in [0.15, 0.2) is 0 Å². The van der Waals surface area contributed by atoms with Gasteiger partial charge in [0.2, 0.25) is 0 Å². The molecular formula is C10H21N3. The topological polar surface area (TPSA) is 18.5 Å². The summed E-state index contributed by atoms with van der Waals surface area (Å²) in [7, 11) is 2.26. The van der Waals surface area contributed by atoms with E-state index >= 15 is 0 Å². The van der Waals surface area contributed by atoms with E-state index < -0.39 is 0 Å². The molecule has 3 nitrogen and oxygen atoms in total. The van der Waals surface area contributed by atoms with Crippen molar-refractivity contribution in [2.24, 2.45) is 0 Å². The number of likely N-dealkylation sites (N-methyl/N-ethyl adjacent to an activating group) is 1. The summed E-state index contributed by atoms with van der Waals surface area (Å²) in [5.74, 6) is 0. The lowest BCUT2D eigenvalue weighted by atomic mass is 9.87. The maximum atomic E-state index is 3.39. The maximum Gasteiger partial charge on any atom is 0.0584 e. The van der Waals surface area contributed by atoms with E-state index in [1.54, 1.807) is 0 Å². The highest BCUT2D eigenvalue weighted by molar-refractivity contribution is 5.06. The van der Waals surface area contributed by atoms with E-state index in [0.717, 1.165) is 0 Å². The standard InChI is InChI=1S/C10H21N3/c1-9(2)13-5-4-12(3)10(8-13)6-11-7-10/h9,11H,4-8H2,1-3H3. The number of nitrogens with one attached hydrogen (secondary N) is 1. The second-order valence-corrected chi connectivity index (χ2v) is 4.81. The van der Waals surface area contributed by atoms with E-state index in [1.807, 2.05) is 0 Å². The highest BCUT2D eigenvalue weighted by Gasteiger charge is 2.44. The summed E-state index contributed by atoms with van der Waals surface area (Å²) in [6, 6.07) is 0.700. The fourth-order valence-electron chi connectivity index (χ4n) is 2.33. The van der Waals surface area contributed by atoms with E-state index in [9.17, 15) is 0 Å². The molecule has 2 heterocycles. The van der Waals surface area contributed by atoms with Gasteiger partial charge in [-0.15, -0.1) is 0 Å². The molecule has 2 fully saturated rings. The Kier molecular flexibility index (Phi) is 2.34. The average Bonchev–Trinajstić information content (AvgIpc) is 2.02. The van der Waals surface area contributed by atoms with Gasteiger partial charge < -0.3 is 5.32 Å². The molecule has 3 heteroatoms. The lowest BCUT2D eigenvalue weighted by molar-refractivity contribution is -0.0297. The van der Waals surface area contributed by atoms with E-state index in [2.05, 4.69) is 36.0 Å². The Morgan fingerprint density at radius 3 is 2.38 bits per heavy atom. The van der Waals surface area contributed by atoms with Crippen LogP contribution in [0.1, 0.15) is 13.8 Å². The Balaban J connectivity index is 2.01. The highest BCUT2D eigenvalue weighted by Crippen LogP contribution is 2.25. The van der Waals surface area contributed by atoms with Crippen molar-refractivity contribution < 1.29 is 0 Å². The molecule has 1 N–H and O–H groups in total. The van der Waals surface area contributed by atoms with Gasteiger partial charge in [0.25, 0.3) is 0 Å². The molecule has 2 aliphatic heterocycles. The van der Waals surface area contributed by atoms with Crippen LogP contribution in [0.5, 0.6) is 0 Å². The summed E-state index contributed by atoms with van der Waals surface area (Å²) in [4.78, 5) is 5.13. The molecule has 0 radical (unpaired) electrons. The van der Waals surface area contributed by atoms with Gasteiger partial charge >= 0.3 is 0 Å². The van der Waals surface area contributed by atoms with Crippen LogP contribution in [-0.4, -0.2) is 61.2 Å². The molecule has 13 heavy (non-hydrogen) atoms. The zero-order chi connectivity index (χ0) is 9.47. The molecule has 0 bridgehead atoms. The molecule has 0 saturated carbocycles. The third-order valence-corrected chi connectivity index (χ3v) is 3.67. The van der Waals surface area contributed by atoms with Crippen LogP contribution in [-0.2, 0) is 0 Å². The first-order chi connectivity index (χ1) is 6.14. The van der Waals surface area contributed by atoms with Gasteiger partial charge in [-0.1, -0.05) is 0 Å². The van der Waals surface area contributed by atoms with Crippen molar-refractivity contribution in [2.45, 2.75) is 25.4 Å². The van der Waals surface area contributed by atoms with E-state index in [-0.39, 0.29) is 0 Å². The number of rotatable bonds is 1. The van der Waals surface area contributed by atoms with Crippen molar-refractivity contribution in [1.29, 1.82) is 0 Å². The fourth-order valence-corrected chi connectivity index (χ4v) is 2.33. The van der Waals surface area contributed by atoms with Gasteiger partial charge in [0.05, 0.1) is 5.54 Å². The minimum Gasteiger partial charge on any atom is -0.313 e. The fraction of sp³-hybridized carbons (Fsp3) is 1.00. The van der Waals surface area contributed by atoms with Crippen molar-refractivity contribution in [1.82, 2.24) is 15.1 Å². The van der Waals surface area contributed by atoms with Gasteiger partial charge in [-0.25, -0.2) is 0 Å². The van der Waals surface area contributed by atoms with Crippen molar-refractivity contribution in [3.8, 4) is 0 Å². The summed E-state index contributed by atoms with van der Waals surface area (Å²) in [5.41, 5.74) is 0.461. The summed E-state index contributed by atoms with van der Waals surface area (Å²) >= 11 is 0. The maximum absolute atomic E-state index is 3.39. The second kappa shape index (κ2) is 3.23. The Hall–Kier alpha value is -0.120. The predicted octanol–water partition coefficient (Wildman–Crippen LogP) is -0.0158. The van der Waals surface area contributed by atoms with Crippen LogP contribution in [0.4, 0.5) is 0 Å². The van der Waals surface area contributed by atoms with Gasteiger partial charge in [0, 0.05) is 38.8 Å². The van der Waals surface area contributed by atoms with Gasteiger partial charge in [0.15, 0.2) is 0 Å². The summed E-state index contributed by atoms with van der Waals surface area (Å²) in [5, 5.41) is 3.39. The van der Waals surface area contributed by atoms with E-state index in [4.69, 9.17) is 0 Å². The van der Waals surface area contributed by atoms with Crippen LogP contribution in [0.2, 0.25) is 0 Å². The predicted molar refractivity (Wildman–Crippen MR) is 54.9 cm³/mol. The molecule has 2 aliphatic rings. The van der Waals surface area contributed by atoms with Crippen LogP contribution in [0, 0.1) is 0 Å². The molecule has 76 valence electrons. The minimum atomic E-state index is 0.461. The first-order valence-electron chi connectivity index (χ1n) is 5.30. The molecule has 0 aromatic heterocycles. The molecule has 0 aromatic carbocycles. The number of piperazine rings is 1. The highest BCUT2D eigenvalue weighted by atomic mass is 15.4. The molecule has 1 spiro atoms. The average molecular weight is 183 g/mol. The lowest BCUT2D eigenvalue weighted by Gasteiger charge is -2.55. The van der Waals surface area contributed by atoms with Gasteiger partial charge in [0.1, 0.15) is 0 Å². The van der Waals surface area contributed by atoms with Crippen molar-refractivity contribution in [3.05, 3.63) is 0 Å². The molecule has 2 saturated heterocycles. The largest absolute Gasteiger partial charge is 0.313 e. The van der Waals surface area contributed by atoms with Crippen molar-refractivity contribution in [2.75, 3.05) is 39.8 Å². The monoisotopic (exact) mass is 183 g/mol. The lowest BCUT2D eigenvalue weighted by Crippen LogP contribution is -2.75. The number of nitrogens with zero attached hydrogens (tertiary/aromatic N) is 2. The molecule has 2 rings (SSSR count).